The molecule has 0 saturated heterocycles. The van der Waals surface area contributed by atoms with E-state index in [1.165, 1.54) is 6.08 Å². The summed E-state index contributed by atoms with van der Waals surface area (Å²) in [6, 6.07) is 0. The Morgan fingerprint density at radius 2 is 2.00 bits per heavy atom. The molecule has 0 amide bonds. The Labute approximate surface area is 49.4 Å². The first-order chi connectivity index (χ1) is 2.27. The van der Waals surface area contributed by atoms with Crippen molar-refractivity contribution in [2.24, 2.45) is 0 Å². The van der Waals surface area contributed by atoms with Gasteiger partial charge >= 0.3 is 17.1 Å². The number of hydrogen-bond donors (Lipinski definition) is 0. The smallest absolute Gasteiger partial charge is 0.293 e. The summed E-state index contributed by atoms with van der Waals surface area (Å²) in [5, 5.41) is 0. The topological polar surface area (TPSA) is 0 Å². The average Bonchev–Trinajstić information content (AvgIpc) is 1.38. The summed E-state index contributed by atoms with van der Waals surface area (Å²) >= 11 is 0. The Morgan fingerprint density at radius 1 is 1.83 bits per heavy atom. The van der Waals surface area contributed by atoms with Gasteiger partial charge in [-0.1, -0.05) is 0 Å². The van der Waals surface area contributed by atoms with Crippen LogP contribution in [0.25, 0.3) is 0 Å². The van der Waals surface area contributed by atoms with Gasteiger partial charge < -0.3 is 0 Å². The fourth-order valence-electron chi connectivity index (χ4n) is 0. The summed E-state index contributed by atoms with van der Waals surface area (Å²) in [5.41, 5.74) is 0.907. The van der Waals surface area contributed by atoms with Crippen molar-refractivity contribution in [3.05, 3.63) is 24.8 Å². The van der Waals surface area contributed by atoms with Crippen molar-refractivity contribution in [3.8, 4) is 0 Å². The minimum absolute atomic E-state index is 0. The molecular weight excluding hydrogens is 124 g/mol. The van der Waals surface area contributed by atoms with Gasteiger partial charge in [0.25, 0.3) is 0 Å². The van der Waals surface area contributed by atoms with E-state index < -0.39 is 0 Å². The average molecular weight is 131 g/mol. The predicted molar refractivity (Wildman–Crippen MR) is 23.7 cm³/mol. The van der Waals surface area contributed by atoms with Gasteiger partial charge in [-0.25, -0.2) is 11.6 Å². The molecule has 0 aromatic rings. The van der Waals surface area contributed by atoms with Gasteiger partial charge in [0.15, 0.2) is 0 Å². The van der Waals surface area contributed by atoms with Gasteiger partial charge in [-0.3, -0.25) is 6.58 Å². The summed E-state index contributed by atoms with van der Waals surface area (Å²) < 4.78 is 0. The van der Waals surface area contributed by atoms with E-state index in [0.717, 1.165) is 5.57 Å². The second-order valence-corrected chi connectivity index (χ2v) is 1.01. The maximum atomic E-state index is 4.95. The van der Waals surface area contributed by atoms with Crippen LogP contribution in [0.15, 0.2) is 18.2 Å². The largest absolute Gasteiger partial charge is 1.00 e. The molecule has 0 aliphatic heterocycles. The van der Waals surface area contributed by atoms with Gasteiger partial charge in [0, 0.05) is 0 Å². The standard InChI is InChI=1S/C5H7.Cu/c1-4-5(2)3;/h1,4H,2H2,3H3;/q-1;+1. The van der Waals surface area contributed by atoms with Crippen molar-refractivity contribution in [1.29, 1.82) is 0 Å². The first kappa shape index (κ1) is 9.37. The van der Waals surface area contributed by atoms with Gasteiger partial charge in [-0.2, -0.15) is 6.58 Å². The van der Waals surface area contributed by atoms with Gasteiger partial charge in [0.05, 0.1) is 0 Å². The fraction of sp³-hybridized carbons (Fsp3) is 0.200. The third-order valence-electron chi connectivity index (χ3n) is 0.285. The van der Waals surface area contributed by atoms with Crippen LogP contribution >= 0.6 is 0 Å². The summed E-state index contributed by atoms with van der Waals surface area (Å²) in [7, 11) is 0. The van der Waals surface area contributed by atoms with Crippen LogP contribution in [0.4, 0.5) is 0 Å². The van der Waals surface area contributed by atoms with Crippen LogP contribution in [0.2, 0.25) is 0 Å². The molecule has 0 atom stereocenters. The van der Waals surface area contributed by atoms with Crippen molar-refractivity contribution < 1.29 is 17.1 Å². The van der Waals surface area contributed by atoms with E-state index in [-0.39, 0.29) is 17.1 Å². The first-order valence-electron chi connectivity index (χ1n) is 1.48. The molecule has 0 radical (unpaired) electrons. The molecule has 0 aliphatic rings. The van der Waals surface area contributed by atoms with E-state index in [1.54, 1.807) is 0 Å². The van der Waals surface area contributed by atoms with Crippen LogP contribution in [0.1, 0.15) is 6.92 Å². The first-order valence-corrected chi connectivity index (χ1v) is 1.48. The van der Waals surface area contributed by atoms with Crippen molar-refractivity contribution >= 4 is 0 Å². The van der Waals surface area contributed by atoms with Crippen LogP contribution < -0.4 is 0 Å². The van der Waals surface area contributed by atoms with Gasteiger partial charge in [0.2, 0.25) is 0 Å². The molecule has 0 aliphatic carbocycles. The van der Waals surface area contributed by atoms with Crippen molar-refractivity contribution in [2.45, 2.75) is 6.92 Å². The van der Waals surface area contributed by atoms with Gasteiger partial charge in [0.1, 0.15) is 0 Å². The molecule has 0 heterocycles. The molecule has 0 aromatic carbocycles. The van der Waals surface area contributed by atoms with Crippen LogP contribution in [0.5, 0.6) is 0 Å². The SMILES string of the molecule is [CH-]=CC(=C)C.[Cu+]. The van der Waals surface area contributed by atoms with Crippen LogP contribution in [0.3, 0.4) is 0 Å². The zero-order valence-corrected chi connectivity index (χ0v) is 4.60. The zero-order valence-electron chi connectivity index (χ0n) is 3.66. The normalized spacial score (nSPS) is 5.50. The zero-order chi connectivity index (χ0) is 4.28. The summed E-state index contributed by atoms with van der Waals surface area (Å²) in [6.07, 6.45) is 1.47. The van der Waals surface area contributed by atoms with E-state index in [2.05, 4.69) is 6.58 Å². The third-order valence-corrected chi connectivity index (χ3v) is 0.285. The van der Waals surface area contributed by atoms with E-state index in [4.69, 9.17) is 6.58 Å². The fourth-order valence-corrected chi connectivity index (χ4v) is 0. The Kier molecular flexibility index (Phi) is 7.81. The predicted octanol–water partition coefficient (Wildman–Crippen LogP) is 1.55. The molecule has 0 aromatic heterocycles. The Balaban J connectivity index is 0. The second-order valence-electron chi connectivity index (χ2n) is 1.01. The molecule has 0 spiro atoms. The molecule has 38 valence electrons. The van der Waals surface area contributed by atoms with Crippen LogP contribution in [-0.2, 0) is 17.1 Å². The summed E-state index contributed by atoms with van der Waals surface area (Å²) in [5.74, 6) is 0. The van der Waals surface area contributed by atoms with E-state index in [0.29, 0.717) is 0 Å². The Hall–Kier alpha value is -0.000519. The number of rotatable bonds is 1. The Bertz CT molecular complexity index is 55.0. The minimum atomic E-state index is 0. The molecule has 0 unspecified atom stereocenters. The minimum Gasteiger partial charge on any atom is -0.293 e. The van der Waals surface area contributed by atoms with E-state index >= 15 is 0 Å². The molecule has 0 bridgehead atoms. The molecule has 0 fully saturated rings. The molecule has 6 heavy (non-hydrogen) atoms. The molecule has 0 N–H and O–H groups in total. The Morgan fingerprint density at radius 3 is 2.00 bits per heavy atom. The van der Waals surface area contributed by atoms with Crippen molar-refractivity contribution in [1.82, 2.24) is 0 Å². The second kappa shape index (κ2) is 5.00. The molecule has 1 heteroatoms. The van der Waals surface area contributed by atoms with Gasteiger partial charge in [-0.15, -0.1) is 6.92 Å². The molecule has 0 nitrogen and oxygen atoms in total. The maximum Gasteiger partial charge on any atom is 1.00 e. The maximum absolute atomic E-state index is 4.95. The quantitative estimate of drug-likeness (QED) is 0.287. The van der Waals surface area contributed by atoms with Crippen molar-refractivity contribution in [3.63, 3.8) is 0 Å². The van der Waals surface area contributed by atoms with Crippen LogP contribution in [0, 0.1) is 6.58 Å². The number of allylic oxidation sites excluding steroid dienone is 2. The summed E-state index contributed by atoms with van der Waals surface area (Å²) in [4.78, 5) is 0. The molecular formula is C5H7Cu. The van der Waals surface area contributed by atoms with E-state index in [9.17, 15) is 0 Å². The van der Waals surface area contributed by atoms with Crippen molar-refractivity contribution in [2.75, 3.05) is 0 Å². The summed E-state index contributed by atoms with van der Waals surface area (Å²) in [6.45, 7) is 10.3. The third kappa shape index (κ3) is 9.00. The number of hydrogen-bond acceptors (Lipinski definition) is 0. The van der Waals surface area contributed by atoms with Gasteiger partial charge in [-0.05, 0) is 0 Å². The van der Waals surface area contributed by atoms with Crippen LogP contribution in [-0.4, -0.2) is 0 Å². The molecule has 0 rings (SSSR count). The molecule has 0 saturated carbocycles. The monoisotopic (exact) mass is 130 g/mol. The van der Waals surface area contributed by atoms with E-state index in [1.807, 2.05) is 6.92 Å².